The first-order valence-corrected chi connectivity index (χ1v) is 6.01. The first-order chi connectivity index (χ1) is 9.13. The highest BCUT2D eigenvalue weighted by molar-refractivity contribution is 5.92. The van der Waals surface area contributed by atoms with Crippen molar-refractivity contribution in [2.24, 2.45) is 5.73 Å². The summed E-state index contributed by atoms with van der Waals surface area (Å²) in [5.41, 5.74) is 6.54. The predicted octanol–water partition coefficient (Wildman–Crippen LogP) is 0.142. The van der Waals surface area contributed by atoms with E-state index in [0.29, 0.717) is 5.56 Å². The second-order valence-electron chi connectivity index (χ2n) is 4.65. The molecule has 0 spiro atoms. The lowest BCUT2D eigenvalue weighted by Gasteiger charge is -2.39. The van der Waals surface area contributed by atoms with Gasteiger partial charge in [-0.1, -0.05) is 0 Å². The van der Waals surface area contributed by atoms with Gasteiger partial charge in [-0.05, 0) is 6.92 Å². The number of amides is 1. The molecule has 0 aliphatic carbocycles. The second kappa shape index (κ2) is 4.34. The van der Waals surface area contributed by atoms with Gasteiger partial charge in [-0.15, -0.1) is 0 Å². The molecule has 19 heavy (non-hydrogen) atoms. The molecule has 2 aromatic rings. The Kier molecular flexibility index (Phi) is 2.66. The maximum atomic E-state index is 11.0. The molecule has 3 rings (SSSR count). The fourth-order valence-corrected chi connectivity index (χ4v) is 2.02. The molecule has 98 valence electrons. The number of anilines is 1. The Labute approximate surface area is 110 Å². The summed E-state index contributed by atoms with van der Waals surface area (Å²) >= 11 is 0. The van der Waals surface area contributed by atoms with Gasteiger partial charge in [0, 0.05) is 19.3 Å². The van der Waals surface area contributed by atoms with Crippen molar-refractivity contribution in [3.8, 4) is 0 Å². The normalized spacial score (nSPS) is 15.3. The van der Waals surface area contributed by atoms with E-state index in [1.165, 1.54) is 6.20 Å². The van der Waals surface area contributed by atoms with Crippen molar-refractivity contribution in [2.75, 3.05) is 18.0 Å². The number of carbonyl (C=O) groups is 1. The highest BCUT2D eigenvalue weighted by atomic mass is 16.1. The summed E-state index contributed by atoms with van der Waals surface area (Å²) in [6, 6.07) is 0.246. The number of nitrogens with two attached hydrogens (primary N) is 1. The third kappa shape index (κ3) is 2.14. The van der Waals surface area contributed by atoms with E-state index in [4.69, 9.17) is 5.73 Å². The molecular weight excluding hydrogens is 244 g/mol. The molecule has 0 radical (unpaired) electrons. The van der Waals surface area contributed by atoms with Crippen LogP contribution in [0.15, 0.2) is 24.8 Å². The number of aromatic nitrogens is 4. The average Bonchev–Trinajstić information content (AvgIpc) is 2.79. The number of carbonyl (C=O) groups excluding carboxylic acids is 1. The number of hydrogen-bond acceptors (Lipinski definition) is 5. The van der Waals surface area contributed by atoms with Crippen molar-refractivity contribution >= 4 is 11.7 Å². The van der Waals surface area contributed by atoms with Crippen LogP contribution in [0.4, 0.5) is 5.82 Å². The number of rotatable bonds is 3. The summed E-state index contributed by atoms with van der Waals surface area (Å²) in [6.45, 7) is 3.51. The van der Waals surface area contributed by atoms with Gasteiger partial charge in [-0.3, -0.25) is 14.5 Å². The van der Waals surface area contributed by atoms with E-state index in [0.717, 1.165) is 24.6 Å². The SMILES string of the molecule is Cc1cnc(N2CC(n3cc(C(N)=O)cn3)C2)cn1. The second-order valence-corrected chi connectivity index (χ2v) is 4.65. The molecule has 7 heteroatoms. The van der Waals surface area contributed by atoms with Crippen LogP contribution in [0.5, 0.6) is 0 Å². The largest absolute Gasteiger partial charge is 0.366 e. The molecule has 1 aliphatic heterocycles. The standard InChI is InChI=1S/C12H14N6O/c1-8-2-15-11(4-14-8)17-6-10(7-17)18-5-9(3-16-18)12(13)19/h2-5,10H,6-7H2,1H3,(H2,13,19). The van der Waals surface area contributed by atoms with Gasteiger partial charge in [-0.25, -0.2) is 4.98 Å². The lowest BCUT2D eigenvalue weighted by atomic mass is 10.1. The van der Waals surface area contributed by atoms with E-state index < -0.39 is 5.91 Å². The number of hydrogen-bond donors (Lipinski definition) is 1. The minimum absolute atomic E-state index is 0.246. The monoisotopic (exact) mass is 258 g/mol. The number of primary amides is 1. The van der Waals surface area contributed by atoms with Gasteiger partial charge in [0.05, 0.1) is 35.9 Å². The molecule has 1 fully saturated rings. The molecule has 7 nitrogen and oxygen atoms in total. The summed E-state index contributed by atoms with van der Waals surface area (Å²) in [5.74, 6) is 0.413. The quantitative estimate of drug-likeness (QED) is 0.845. The Hall–Kier alpha value is -2.44. The summed E-state index contributed by atoms with van der Waals surface area (Å²) in [7, 11) is 0. The minimum Gasteiger partial charge on any atom is -0.366 e. The lowest BCUT2D eigenvalue weighted by Crippen LogP contribution is -2.48. The van der Waals surface area contributed by atoms with Crippen molar-refractivity contribution in [1.29, 1.82) is 0 Å². The molecular formula is C12H14N6O. The molecule has 1 aliphatic rings. The predicted molar refractivity (Wildman–Crippen MR) is 68.8 cm³/mol. The maximum absolute atomic E-state index is 11.0. The van der Waals surface area contributed by atoms with Crippen LogP contribution < -0.4 is 10.6 Å². The Morgan fingerprint density at radius 3 is 2.68 bits per heavy atom. The minimum atomic E-state index is -0.452. The van der Waals surface area contributed by atoms with Gasteiger partial charge in [-0.2, -0.15) is 5.10 Å². The van der Waals surface area contributed by atoms with Crippen molar-refractivity contribution in [1.82, 2.24) is 19.7 Å². The Morgan fingerprint density at radius 1 is 1.32 bits per heavy atom. The maximum Gasteiger partial charge on any atom is 0.251 e. The smallest absolute Gasteiger partial charge is 0.251 e. The first-order valence-electron chi connectivity index (χ1n) is 6.01. The Morgan fingerprint density at radius 2 is 2.11 bits per heavy atom. The van der Waals surface area contributed by atoms with Gasteiger partial charge in [0.2, 0.25) is 0 Å². The number of nitrogens with zero attached hydrogens (tertiary/aromatic N) is 5. The molecule has 0 atom stereocenters. The van der Waals surface area contributed by atoms with Gasteiger partial charge < -0.3 is 10.6 Å². The van der Waals surface area contributed by atoms with Crippen molar-refractivity contribution < 1.29 is 4.79 Å². The van der Waals surface area contributed by atoms with Crippen LogP contribution in [0.2, 0.25) is 0 Å². The van der Waals surface area contributed by atoms with Gasteiger partial charge in [0.25, 0.3) is 5.91 Å². The van der Waals surface area contributed by atoms with Crippen molar-refractivity contribution in [3.63, 3.8) is 0 Å². The van der Waals surface area contributed by atoms with E-state index >= 15 is 0 Å². The highest BCUT2D eigenvalue weighted by Crippen LogP contribution is 2.25. The highest BCUT2D eigenvalue weighted by Gasteiger charge is 2.30. The Bertz CT molecular complexity index is 599. The zero-order chi connectivity index (χ0) is 13.4. The average molecular weight is 258 g/mol. The summed E-state index contributed by atoms with van der Waals surface area (Å²) < 4.78 is 1.78. The van der Waals surface area contributed by atoms with Crippen molar-refractivity contribution in [3.05, 3.63) is 36.0 Å². The van der Waals surface area contributed by atoms with Crippen LogP contribution in [0.25, 0.3) is 0 Å². The third-order valence-electron chi connectivity index (χ3n) is 3.21. The van der Waals surface area contributed by atoms with E-state index in [1.54, 1.807) is 23.3 Å². The molecule has 0 bridgehead atoms. The summed E-state index contributed by atoms with van der Waals surface area (Å²) in [5, 5.41) is 4.15. The Balaban J connectivity index is 1.65. The van der Waals surface area contributed by atoms with Gasteiger partial charge in [0.1, 0.15) is 5.82 Å². The lowest BCUT2D eigenvalue weighted by molar-refractivity contribution is 0.1000. The molecule has 2 N–H and O–H groups in total. The van der Waals surface area contributed by atoms with Crippen LogP contribution in [-0.2, 0) is 0 Å². The fraction of sp³-hybridized carbons (Fsp3) is 0.333. The fourth-order valence-electron chi connectivity index (χ4n) is 2.02. The molecule has 0 unspecified atom stereocenters. The van der Waals surface area contributed by atoms with Crippen LogP contribution in [0.3, 0.4) is 0 Å². The molecule has 3 heterocycles. The topological polar surface area (TPSA) is 89.9 Å². The molecule has 1 saturated heterocycles. The molecule has 0 saturated carbocycles. The molecule has 2 aromatic heterocycles. The summed E-state index contributed by atoms with van der Waals surface area (Å²) in [4.78, 5) is 21.7. The van der Waals surface area contributed by atoms with Gasteiger partial charge in [0.15, 0.2) is 0 Å². The zero-order valence-electron chi connectivity index (χ0n) is 10.5. The third-order valence-corrected chi connectivity index (χ3v) is 3.21. The molecule has 0 aromatic carbocycles. The molecule has 1 amide bonds. The van der Waals surface area contributed by atoms with Gasteiger partial charge >= 0.3 is 0 Å². The summed E-state index contributed by atoms with van der Waals surface area (Å²) in [6.07, 6.45) is 6.70. The van der Waals surface area contributed by atoms with Crippen LogP contribution in [0, 0.1) is 6.92 Å². The van der Waals surface area contributed by atoms with Crippen molar-refractivity contribution in [2.45, 2.75) is 13.0 Å². The van der Waals surface area contributed by atoms with E-state index in [-0.39, 0.29) is 6.04 Å². The zero-order valence-corrected chi connectivity index (χ0v) is 10.5. The van der Waals surface area contributed by atoms with E-state index in [2.05, 4.69) is 20.0 Å². The van der Waals surface area contributed by atoms with Crippen LogP contribution in [-0.4, -0.2) is 38.7 Å². The van der Waals surface area contributed by atoms with Crippen LogP contribution >= 0.6 is 0 Å². The first kappa shape index (κ1) is 11.6. The van der Waals surface area contributed by atoms with Crippen LogP contribution in [0.1, 0.15) is 22.1 Å². The van der Waals surface area contributed by atoms with E-state index in [1.807, 2.05) is 6.92 Å². The number of aryl methyl sites for hydroxylation is 1. The van der Waals surface area contributed by atoms with E-state index in [9.17, 15) is 4.79 Å².